The molecule has 29 heavy (non-hydrogen) atoms. The number of nitrogens with one attached hydrogen (secondary N) is 1. The van der Waals surface area contributed by atoms with Crippen molar-refractivity contribution >= 4 is 39.1 Å². The first kappa shape index (κ1) is 19.1. The normalized spacial score (nSPS) is 15.4. The molecule has 0 radical (unpaired) electrons. The number of ether oxygens (including phenoxy) is 1. The van der Waals surface area contributed by atoms with Crippen LogP contribution in [0.15, 0.2) is 35.7 Å². The van der Waals surface area contributed by atoms with Crippen LogP contribution in [0.3, 0.4) is 0 Å². The highest BCUT2D eigenvalue weighted by Gasteiger charge is 2.26. The minimum Gasteiger partial charge on any atom is -0.452 e. The Morgan fingerprint density at radius 2 is 2.17 bits per heavy atom. The average Bonchev–Trinajstić information content (AvgIpc) is 3.17. The summed E-state index contributed by atoms with van der Waals surface area (Å²) in [5, 5.41) is 14.6. The number of rotatable bonds is 4. The third-order valence-electron chi connectivity index (χ3n) is 5.08. The van der Waals surface area contributed by atoms with Crippen molar-refractivity contribution in [2.75, 3.05) is 11.9 Å². The smallest absolute Gasteiger partial charge is 0.339 e. The van der Waals surface area contributed by atoms with Crippen LogP contribution in [0.4, 0.5) is 5.00 Å². The molecule has 1 aromatic carbocycles. The predicted molar refractivity (Wildman–Crippen MR) is 111 cm³/mol. The van der Waals surface area contributed by atoms with E-state index < -0.39 is 18.5 Å². The van der Waals surface area contributed by atoms with Gasteiger partial charge in [0.2, 0.25) is 0 Å². The van der Waals surface area contributed by atoms with E-state index in [0.717, 1.165) is 41.4 Å². The summed E-state index contributed by atoms with van der Waals surface area (Å²) in [6.45, 7) is 1.75. The van der Waals surface area contributed by atoms with Gasteiger partial charge in [0.25, 0.3) is 5.91 Å². The second-order valence-corrected chi connectivity index (χ2v) is 8.09. The zero-order chi connectivity index (χ0) is 20.4. The molecule has 1 N–H and O–H groups in total. The van der Waals surface area contributed by atoms with Crippen LogP contribution in [-0.2, 0) is 22.4 Å². The monoisotopic (exact) mass is 405 g/mol. The lowest BCUT2D eigenvalue weighted by molar-refractivity contribution is -0.119. The van der Waals surface area contributed by atoms with E-state index in [4.69, 9.17) is 15.0 Å². The number of hydrogen-bond donors (Lipinski definition) is 1. The molecule has 0 spiro atoms. The first-order valence-corrected chi connectivity index (χ1v) is 10.3. The van der Waals surface area contributed by atoms with Crippen molar-refractivity contribution in [2.45, 2.75) is 26.2 Å². The number of anilines is 1. The summed E-state index contributed by atoms with van der Waals surface area (Å²) < 4.78 is 5.36. The third kappa shape index (κ3) is 3.84. The second-order valence-electron chi connectivity index (χ2n) is 7.18. The molecule has 4 rings (SSSR count). The number of carbonyl (C=O) groups is 2. The van der Waals surface area contributed by atoms with Gasteiger partial charge in [0.15, 0.2) is 6.61 Å². The molecular weight excluding hydrogens is 386 g/mol. The van der Waals surface area contributed by atoms with Crippen LogP contribution in [0, 0.1) is 17.2 Å². The van der Waals surface area contributed by atoms with Gasteiger partial charge >= 0.3 is 5.97 Å². The van der Waals surface area contributed by atoms with E-state index in [-0.39, 0.29) is 0 Å². The quantitative estimate of drug-likeness (QED) is 0.660. The van der Waals surface area contributed by atoms with E-state index in [9.17, 15) is 9.59 Å². The summed E-state index contributed by atoms with van der Waals surface area (Å²) in [6, 6.07) is 11.1. The molecule has 0 unspecified atom stereocenters. The van der Waals surface area contributed by atoms with Crippen molar-refractivity contribution in [3.63, 3.8) is 0 Å². The summed E-state index contributed by atoms with van der Waals surface area (Å²) >= 11 is 1.25. The van der Waals surface area contributed by atoms with Crippen LogP contribution in [0.5, 0.6) is 0 Å². The summed E-state index contributed by atoms with van der Waals surface area (Å²) in [7, 11) is 0. The number of carbonyl (C=O) groups excluding carboxylic acids is 2. The lowest BCUT2D eigenvalue weighted by atomic mass is 9.84. The van der Waals surface area contributed by atoms with Gasteiger partial charge in [-0.15, -0.1) is 11.3 Å². The highest BCUT2D eigenvalue weighted by atomic mass is 32.1. The first-order chi connectivity index (χ1) is 14.1. The van der Waals surface area contributed by atoms with Crippen molar-refractivity contribution in [3.8, 4) is 6.07 Å². The van der Waals surface area contributed by atoms with Gasteiger partial charge in [-0.05, 0) is 48.3 Å². The number of pyridine rings is 1. The van der Waals surface area contributed by atoms with Gasteiger partial charge in [-0.3, -0.25) is 9.78 Å². The molecule has 1 amide bonds. The van der Waals surface area contributed by atoms with Crippen LogP contribution in [-0.4, -0.2) is 23.5 Å². The lowest BCUT2D eigenvalue weighted by Gasteiger charge is -2.24. The van der Waals surface area contributed by atoms with E-state index in [1.807, 2.05) is 30.3 Å². The number of aromatic nitrogens is 1. The van der Waals surface area contributed by atoms with E-state index in [1.165, 1.54) is 11.3 Å². The van der Waals surface area contributed by atoms with Crippen molar-refractivity contribution in [1.82, 2.24) is 4.98 Å². The molecule has 7 heteroatoms. The Morgan fingerprint density at radius 3 is 3.00 bits per heavy atom. The Balaban J connectivity index is 1.58. The molecule has 0 saturated heterocycles. The molecule has 0 saturated carbocycles. The van der Waals surface area contributed by atoms with Gasteiger partial charge in [0, 0.05) is 11.1 Å². The SMILES string of the molecule is C[C@H]1CCc2nc3ccccc3c(C(=O)OCC(=O)Nc3sccc3C#N)c2C1. The minimum absolute atomic E-state index is 0.387. The largest absolute Gasteiger partial charge is 0.452 e. The van der Waals surface area contributed by atoms with Crippen LogP contribution < -0.4 is 5.32 Å². The molecular formula is C22H19N3O3S. The third-order valence-corrected chi connectivity index (χ3v) is 5.91. The van der Waals surface area contributed by atoms with Crippen LogP contribution in [0.2, 0.25) is 0 Å². The van der Waals surface area contributed by atoms with Gasteiger partial charge in [-0.1, -0.05) is 25.1 Å². The number of thiophene rings is 1. The van der Waals surface area contributed by atoms with Crippen LogP contribution in [0.25, 0.3) is 10.9 Å². The summed E-state index contributed by atoms with van der Waals surface area (Å²) in [5.74, 6) is -0.530. The summed E-state index contributed by atoms with van der Waals surface area (Å²) in [5.41, 5.74) is 3.53. The van der Waals surface area contributed by atoms with Gasteiger partial charge in [-0.25, -0.2) is 4.79 Å². The van der Waals surface area contributed by atoms with E-state index in [0.29, 0.717) is 22.0 Å². The Hall–Kier alpha value is -3.24. The van der Waals surface area contributed by atoms with Crippen molar-refractivity contribution < 1.29 is 14.3 Å². The predicted octanol–water partition coefficient (Wildman–Crippen LogP) is 4.09. The van der Waals surface area contributed by atoms with E-state index >= 15 is 0 Å². The molecule has 2 heterocycles. The number of amides is 1. The Morgan fingerprint density at radius 1 is 1.34 bits per heavy atom. The average molecular weight is 405 g/mol. The van der Waals surface area contributed by atoms with Crippen molar-refractivity contribution in [1.29, 1.82) is 5.26 Å². The number of nitriles is 1. The molecule has 146 valence electrons. The number of esters is 1. The lowest BCUT2D eigenvalue weighted by Crippen LogP contribution is -2.23. The fourth-order valence-electron chi connectivity index (χ4n) is 3.66. The van der Waals surface area contributed by atoms with E-state index in [2.05, 4.69) is 12.2 Å². The fraction of sp³-hybridized carbons (Fsp3) is 0.273. The van der Waals surface area contributed by atoms with Crippen LogP contribution >= 0.6 is 11.3 Å². The molecule has 0 aliphatic heterocycles. The maximum atomic E-state index is 13.0. The van der Waals surface area contributed by atoms with Crippen molar-refractivity contribution in [2.24, 2.45) is 5.92 Å². The zero-order valence-electron chi connectivity index (χ0n) is 15.9. The summed E-state index contributed by atoms with van der Waals surface area (Å²) in [4.78, 5) is 29.9. The van der Waals surface area contributed by atoms with Gasteiger partial charge in [-0.2, -0.15) is 5.26 Å². The molecule has 3 aromatic rings. The molecule has 1 aliphatic rings. The first-order valence-electron chi connectivity index (χ1n) is 9.42. The second kappa shape index (κ2) is 8.02. The van der Waals surface area contributed by atoms with Crippen molar-refractivity contribution in [3.05, 3.63) is 58.1 Å². The molecule has 6 nitrogen and oxygen atoms in total. The van der Waals surface area contributed by atoms with Gasteiger partial charge < -0.3 is 10.1 Å². The fourth-order valence-corrected chi connectivity index (χ4v) is 4.41. The number of aryl methyl sites for hydroxylation is 1. The van der Waals surface area contributed by atoms with Gasteiger partial charge in [0.05, 0.1) is 16.6 Å². The molecule has 1 aliphatic carbocycles. The summed E-state index contributed by atoms with van der Waals surface area (Å²) in [6.07, 6.45) is 2.64. The highest BCUT2D eigenvalue weighted by molar-refractivity contribution is 7.14. The number of hydrogen-bond acceptors (Lipinski definition) is 6. The van der Waals surface area contributed by atoms with Crippen LogP contribution in [0.1, 0.15) is 40.5 Å². The standard InChI is InChI=1S/C22H19N3O3S/c1-13-6-7-18-16(10-13)20(15-4-2-3-5-17(15)24-18)22(27)28-12-19(26)25-21-14(11-23)8-9-29-21/h2-5,8-9,13H,6-7,10,12H2,1H3,(H,25,26)/t13-/m0/s1. The number of fused-ring (bicyclic) bond motifs is 2. The maximum Gasteiger partial charge on any atom is 0.339 e. The Labute approximate surface area is 172 Å². The maximum absolute atomic E-state index is 13.0. The minimum atomic E-state index is -0.518. The Kier molecular flexibility index (Phi) is 5.28. The molecule has 0 fully saturated rings. The number of para-hydroxylation sites is 1. The van der Waals surface area contributed by atoms with Gasteiger partial charge in [0.1, 0.15) is 11.1 Å². The number of nitrogens with zero attached hydrogens (tertiary/aromatic N) is 2. The molecule has 2 aromatic heterocycles. The highest BCUT2D eigenvalue weighted by Crippen LogP contribution is 2.32. The van der Waals surface area contributed by atoms with E-state index in [1.54, 1.807) is 11.4 Å². The Bertz CT molecular complexity index is 1150. The number of benzene rings is 1. The molecule has 1 atom stereocenters. The zero-order valence-corrected chi connectivity index (χ0v) is 16.7. The topological polar surface area (TPSA) is 92.1 Å². The molecule has 0 bridgehead atoms.